The summed E-state index contributed by atoms with van der Waals surface area (Å²) in [5.74, 6) is 0. The number of nitrogens with one attached hydrogen (secondary N) is 1. The molecule has 1 rings (SSSR count). The lowest BCUT2D eigenvalue weighted by Crippen LogP contribution is -2.55. The van der Waals surface area contributed by atoms with Crippen molar-refractivity contribution in [3.8, 4) is 0 Å². The van der Waals surface area contributed by atoms with Crippen molar-refractivity contribution in [1.82, 2.24) is 5.32 Å². The molecule has 1 fully saturated rings. The second kappa shape index (κ2) is 3.95. The molecule has 0 atom stereocenters. The van der Waals surface area contributed by atoms with Gasteiger partial charge in [-0.3, -0.25) is 0 Å². The van der Waals surface area contributed by atoms with Crippen LogP contribution in [-0.2, 0) is 4.74 Å². The summed E-state index contributed by atoms with van der Waals surface area (Å²) in [6.45, 7) is 11.1. The molecule has 0 aromatic rings. The Balaban J connectivity index is 2.18. The quantitative estimate of drug-likeness (QED) is 0.676. The molecular formula is C10H22N2O. The highest BCUT2D eigenvalue weighted by Crippen LogP contribution is 2.25. The van der Waals surface area contributed by atoms with Crippen LogP contribution in [0, 0.1) is 10.8 Å². The van der Waals surface area contributed by atoms with Gasteiger partial charge in [0, 0.05) is 25.0 Å². The molecule has 3 heteroatoms. The van der Waals surface area contributed by atoms with Crippen LogP contribution in [0.5, 0.6) is 0 Å². The van der Waals surface area contributed by atoms with Gasteiger partial charge in [0.15, 0.2) is 0 Å². The molecule has 3 N–H and O–H groups in total. The topological polar surface area (TPSA) is 47.3 Å². The normalized spacial score (nSPS) is 21.2. The molecular weight excluding hydrogens is 164 g/mol. The first-order valence-electron chi connectivity index (χ1n) is 4.96. The summed E-state index contributed by atoms with van der Waals surface area (Å²) in [4.78, 5) is 0. The largest absolute Gasteiger partial charge is 0.380 e. The van der Waals surface area contributed by atoms with Gasteiger partial charge in [0.25, 0.3) is 0 Å². The van der Waals surface area contributed by atoms with E-state index in [0.717, 1.165) is 32.8 Å². The zero-order valence-corrected chi connectivity index (χ0v) is 9.02. The SMILES string of the molecule is CC(C)(C)CNCC1(CN)COC1. The predicted octanol–water partition coefficient (Wildman–Crippen LogP) is 0.597. The van der Waals surface area contributed by atoms with Crippen molar-refractivity contribution in [3.63, 3.8) is 0 Å². The van der Waals surface area contributed by atoms with Gasteiger partial charge in [-0.05, 0) is 5.41 Å². The number of ether oxygens (including phenoxy) is 1. The Labute approximate surface area is 81.0 Å². The van der Waals surface area contributed by atoms with E-state index >= 15 is 0 Å². The van der Waals surface area contributed by atoms with Crippen molar-refractivity contribution in [1.29, 1.82) is 0 Å². The van der Waals surface area contributed by atoms with E-state index in [2.05, 4.69) is 26.1 Å². The van der Waals surface area contributed by atoms with Gasteiger partial charge in [-0.25, -0.2) is 0 Å². The van der Waals surface area contributed by atoms with Crippen LogP contribution in [-0.4, -0.2) is 32.8 Å². The van der Waals surface area contributed by atoms with E-state index in [0.29, 0.717) is 5.41 Å². The van der Waals surface area contributed by atoms with Crippen molar-refractivity contribution >= 4 is 0 Å². The second-order valence-corrected chi connectivity index (χ2v) is 5.36. The fourth-order valence-electron chi connectivity index (χ4n) is 1.39. The summed E-state index contributed by atoms with van der Waals surface area (Å²) >= 11 is 0. The summed E-state index contributed by atoms with van der Waals surface area (Å²) < 4.78 is 5.19. The number of nitrogens with two attached hydrogens (primary N) is 1. The molecule has 0 bridgehead atoms. The van der Waals surface area contributed by atoms with Crippen molar-refractivity contribution < 1.29 is 4.74 Å². The predicted molar refractivity (Wildman–Crippen MR) is 54.6 cm³/mol. The molecule has 0 spiro atoms. The molecule has 0 amide bonds. The van der Waals surface area contributed by atoms with Crippen LogP contribution in [0.15, 0.2) is 0 Å². The first-order valence-corrected chi connectivity index (χ1v) is 4.96. The molecule has 3 nitrogen and oxygen atoms in total. The molecule has 0 radical (unpaired) electrons. The van der Waals surface area contributed by atoms with Crippen LogP contribution >= 0.6 is 0 Å². The third kappa shape index (κ3) is 3.25. The summed E-state index contributed by atoms with van der Waals surface area (Å²) in [7, 11) is 0. The van der Waals surface area contributed by atoms with Gasteiger partial charge in [-0.1, -0.05) is 20.8 Å². The number of hydrogen-bond donors (Lipinski definition) is 2. The Morgan fingerprint density at radius 2 is 2.00 bits per heavy atom. The average Bonchev–Trinajstić information content (AvgIpc) is 1.92. The van der Waals surface area contributed by atoms with Crippen LogP contribution < -0.4 is 11.1 Å². The van der Waals surface area contributed by atoms with Crippen LogP contribution in [0.3, 0.4) is 0 Å². The fraction of sp³-hybridized carbons (Fsp3) is 1.00. The number of rotatable bonds is 4. The zero-order valence-electron chi connectivity index (χ0n) is 9.02. The Hall–Kier alpha value is -0.120. The van der Waals surface area contributed by atoms with Gasteiger partial charge < -0.3 is 15.8 Å². The van der Waals surface area contributed by atoms with Gasteiger partial charge in [-0.15, -0.1) is 0 Å². The molecule has 0 aromatic heterocycles. The van der Waals surface area contributed by atoms with E-state index in [9.17, 15) is 0 Å². The minimum Gasteiger partial charge on any atom is -0.380 e. The Morgan fingerprint density at radius 3 is 2.31 bits per heavy atom. The lowest BCUT2D eigenvalue weighted by atomic mass is 9.85. The molecule has 1 aliphatic heterocycles. The van der Waals surface area contributed by atoms with Crippen LogP contribution in [0.4, 0.5) is 0 Å². The van der Waals surface area contributed by atoms with E-state index in [1.165, 1.54) is 0 Å². The molecule has 0 aliphatic carbocycles. The minimum atomic E-state index is 0.227. The Kier molecular flexibility index (Phi) is 3.33. The van der Waals surface area contributed by atoms with Crippen molar-refractivity contribution in [2.75, 3.05) is 32.8 Å². The summed E-state index contributed by atoms with van der Waals surface area (Å²) in [5, 5.41) is 3.46. The molecule has 1 heterocycles. The molecule has 1 saturated heterocycles. The summed E-state index contributed by atoms with van der Waals surface area (Å²) in [6, 6.07) is 0. The summed E-state index contributed by atoms with van der Waals surface area (Å²) in [5.41, 5.74) is 6.27. The minimum absolute atomic E-state index is 0.227. The van der Waals surface area contributed by atoms with Crippen molar-refractivity contribution in [2.45, 2.75) is 20.8 Å². The van der Waals surface area contributed by atoms with E-state index in [1.807, 2.05) is 0 Å². The standard InChI is InChI=1S/C10H22N2O/c1-9(2,3)5-12-6-10(4-11)7-13-8-10/h12H,4-8,11H2,1-3H3. The van der Waals surface area contributed by atoms with E-state index in [1.54, 1.807) is 0 Å². The first kappa shape index (κ1) is 11.0. The highest BCUT2D eigenvalue weighted by Gasteiger charge is 2.36. The fourth-order valence-corrected chi connectivity index (χ4v) is 1.39. The van der Waals surface area contributed by atoms with E-state index in [4.69, 9.17) is 10.5 Å². The maximum Gasteiger partial charge on any atom is 0.0569 e. The second-order valence-electron chi connectivity index (χ2n) is 5.36. The lowest BCUT2D eigenvalue weighted by molar-refractivity contribution is -0.105. The molecule has 78 valence electrons. The first-order chi connectivity index (χ1) is 5.97. The maximum atomic E-state index is 5.70. The highest BCUT2D eigenvalue weighted by atomic mass is 16.5. The average molecular weight is 186 g/mol. The monoisotopic (exact) mass is 186 g/mol. The van der Waals surface area contributed by atoms with Crippen LogP contribution in [0.2, 0.25) is 0 Å². The highest BCUT2D eigenvalue weighted by molar-refractivity contribution is 4.88. The zero-order chi connectivity index (χ0) is 9.95. The van der Waals surface area contributed by atoms with Gasteiger partial charge in [-0.2, -0.15) is 0 Å². The molecule has 13 heavy (non-hydrogen) atoms. The third-order valence-corrected chi connectivity index (χ3v) is 2.40. The Morgan fingerprint density at radius 1 is 1.38 bits per heavy atom. The third-order valence-electron chi connectivity index (χ3n) is 2.40. The molecule has 0 aromatic carbocycles. The van der Waals surface area contributed by atoms with Gasteiger partial charge in [0.2, 0.25) is 0 Å². The van der Waals surface area contributed by atoms with E-state index < -0.39 is 0 Å². The van der Waals surface area contributed by atoms with E-state index in [-0.39, 0.29) is 5.41 Å². The Bertz CT molecular complexity index is 153. The molecule has 1 aliphatic rings. The van der Waals surface area contributed by atoms with Crippen LogP contribution in [0.25, 0.3) is 0 Å². The molecule has 0 saturated carbocycles. The van der Waals surface area contributed by atoms with Gasteiger partial charge in [0.05, 0.1) is 13.2 Å². The van der Waals surface area contributed by atoms with Crippen molar-refractivity contribution in [3.05, 3.63) is 0 Å². The van der Waals surface area contributed by atoms with Crippen LogP contribution in [0.1, 0.15) is 20.8 Å². The van der Waals surface area contributed by atoms with Gasteiger partial charge >= 0.3 is 0 Å². The maximum absolute atomic E-state index is 5.70. The smallest absolute Gasteiger partial charge is 0.0569 e. The lowest BCUT2D eigenvalue weighted by Gasteiger charge is -2.41. The number of hydrogen-bond acceptors (Lipinski definition) is 3. The molecule has 0 unspecified atom stereocenters. The van der Waals surface area contributed by atoms with Crippen molar-refractivity contribution in [2.24, 2.45) is 16.6 Å². The van der Waals surface area contributed by atoms with Gasteiger partial charge in [0.1, 0.15) is 0 Å². The summed E-state index contributed by atoms with van der Waals surface area (Å²) in [6.07, 6.45) is 0.